The number of para-hydroxylation sites is 1. The molecule has 2 amide bonds. The highest BCUT2D eigenvalue weighted by molar-refractivity contribution is 5.74. The summed E-state index contributed by atoms with van der Waals surface area (Å²) >= 11 is 0. The molecule has 1 fully saturated rings. The highest BCUT2D eigenvalue weighted by Gasteiger charge is 2.30. The summed E-state index contributed by atoms with van der Waals surface area (Å²) in [6.07, 6.45) is 1.05. The molecule has 2 rings (SSSR count). The number of amides is 2. The average Bonchev–Trinajstić information content (AvgIpc) is 2.51. The first-order chi connectivity index (χ1) is 11.3. The van der Waals surface area contributed by atoms with Crippen LogP contribution in [0, 0.1) is 11.2 Å². The number of carbonyl (C=O) groups is 1. The van der Waals surface area contributed by atoms with Crippen molar-refractivity contribution < 1.29 is 19.0 Å². The second-order valence-corrected chi connectivity index (χ2v) is 7.35. The van der Waals surface area contributed by atoms with Crippen molar-refractivity contribution >= 4 is 6.03 Å². The number of aliphatic hydroxyl groups is 1. The third kappa shape index (κ3) is 5.09. The summed E-state index contributed by atoms with van der Waals surface area (Å²) < 4.78 is 19.3. The molecule has 24 heavy (non-hydrogen) atoms. The van der Waals surface area contributed by atoms with E-state index >= 15 is 0 Å². The number of β-amino-alcohol motifs (C(OH)–C–C–N with tert-alkyl or cyclic N) is 1. The molecule has 1 heterocycles. The molecule has 1 aromatic carbocycles. The molecule has 1 aromatic rings. The molecule has 0 radical (unpaired) electrons. The number of urea groups is 1. The fourth-order valence-corrected chi connectivity index (χ4v) is 2.62. The van der Waals surface area contributed by atoms with E-state index in [-0.39, 0.29) is 29.8 Å². The highest BCUT2D eigenvalue weighted by Crippen LogP contribution is 2.23. The van der Waals surface area contributed by atoms with Crippen LogP contribution in [-0.4, -0.2) is 47.9 Å². The number of nitrogens with zero attached hydrogens (tertiary/aromatic N) is 1. The lowest BCUT2D eigenvalue weighted by molar-refractivity contribution is 0.0789. The van der Waals surface area contributed by atoms with Crippen molar-refractivity contribution in [3.8, 4) is 5.75 Å². The number of aliphatic hydroxyl groups excluding tert-OH is 1. The first-order valence-electron chi connectivity index (χ1n) is 8.38. The van der Waals surface area contributed by atoms with Gasteiger partial charge in [-0.3, -0.25) is 0 Å². The van der Waals surface area contributed by atoms with Gasteiger partial charge in [-0.1, -0.05) is 32.9 Å². The molecule has 1 aliphatic rings. The van der Waals surface area contributed by atoms with Gasteiger partial charge in [0.2, 0.25) is 0 Å². The van der Waals surface area contributed by atoms with Crippen LogP contribution in [0.3, 0.4) is 0 Å². The molecule has 0 spiro atoms. The van der Waals surface area contributed by atoms with E-state index in [0.29, 0.717) is 13.1 Å². The molecule has 134 valence electrons. The van der Waals surface area contributed by atoms with Crippen LogP contribution in [-0.2, 0) is 0 Å². The highest BCUT2D eigenvalue weighted by atomic mass is 19.1. The van der Waals surface area contributed by atoms with Gasteiger partial charge in [0, 0.05) is 13.1 Å². The van der Waals surface area contributed by atoms with E-state index in [1.807, 2.05) is 20.8 Å². The normalized spacial score (nSPS) is 19.7. The molecule has 2 atom stereocenters. The van der Waals surface area contributed by atoms with Gasteiger partial charge in [-0.15, -0.1) is 0 Å². The largest absolute Gasteiger partial charge is 0.488 e. The molecule has 0 bridgehead atoms. The Bertz CT molecular complexity index is 559. The van der Waals surface area contributed by atoms with Gasteiger partial charge in [-0.05, 0) is 30.4 Å². The summed E-state index contributed by atoms with van der Waals surface area (Å²) in [6.45, 7) is 7.13. The fourth-order valence-electron chi connectivity index (χ4n) is 2.62. The van der Waals surface area contributed by atoms with Gasteiger partial charge < -0.3 is 20.1 Å². The van der Waals surface area contributed by atoms with Crippen molar-refractivity contribution in [1.29, 1.82) is 0 Å². The summed E-state index contributed by atoms with van der Waals surface area (Å²) in [5, 5.41) is 12.7. The molecule has 2 N–H and O–H groups in total. The van der Waals surface area contributed by atoms with Crippen LogP contribution in [0.4, 0.5) is 9.18 Å². The van der Waals surface area contributed by atoms with E-state index in [1.54, 1.807) is 23.1 Å². The Balaban J connectivity index is 1.98. The molecule has 1 saturated heterocycles. The fraction of sp³-hybridized carbons (Fsp3) is 0.611. The maximum absolute atomic E-state index is 13.7. The second kappa shape index (κ2) is 7.83. The molecule has 2 unspecified atom stereocenters. The number of halogens is 1. The van der Waals surface area contributed by atoms with Crippen molar-refractivity contribution in [3.63, 3.8) is 0 Å². The summed E-state index contributed by atoms with van der Waals surface area (Å²) in [4.78, 5) is 14.1. The topological polar surface area (TPSA) is 61.8 Å². The number of likely N-dealkylation sites (tertiary alicyclic amines) is 1. The minimum atomic E-state index is -0.466. The van der Waals surface area contributed by atoms with Crippen molar-refractivity contribution in [1.82, 2.24) is 10.2 Å². The van der Waals surface area contributed by atoms with Gasteiger partial charge in [0.05, 0.1) is 12.1 Å². The first-order valence-corrected chi connectivity index (χ1v) is 8.38. The lowest BCUT2D eigenvalue weighted by atomic mass is 9.87. The maximum Gasteiger partial charge on any atom is 0.317 e. The predicted molar refractivity (Wildman–Crippen MR) is 90.5 cm³/mol. The minimum Gasteiger partial charge on any atom is -0.488 e. The number of hydrogen-bond acceptors (Lipinski definition) is 3. The number of ether oxygens (including phenoxy) is 1. The average molecular weight is 338 g/mol. The Labute approximate surface area is 142 Å². The van der Waals surface area contributed by atoms with E-state index in [0.717, 1.165) is 12.8 Å². The van der Waals surface area contributed by atoms with Gasteiger partial charge >= 0.3 is 6.03 Å². The zero-order chi connectivity index (χ0) is 17.7. The van der Waals surface area contributed by atoms with Crippen LogP contribution in [0.15, 0.2) is 24.3 Å². The lowest BCUT2D eigenvalue weighted by Crippen LogP contribution is -2.54. The SMILES string of the molecule is CC(C)(C)C(COc1ccccc1F)NC(=O)N1CCCC(O)C1. The van der Waals surface area contributed by atoms with E-state index in [4.69, 9.17) is 4.74 Å². The number of nitrogens with one attached hydrogen (secondary N) is 1. The smallest absolute Gasteiger partial charge is 0.317 e. The Morgan fingerprint density at radius 2 is 2.17 bits per heavy atom. The van der Waals surface area contributed by atoms with Gasteiger partial charge in [-0.2, -0.15) is 0 Å². The molecule has 1 aliphatic heterocycles. The second-order valence-electron chi connectivity index (χ2n) is 7.35. The van der Waals surface area contributed by atoms with Crippen LogP contribution in [0.5, 0.6) is 5.75 Å². The van der Waals surface area contributed by atoms with Crippen molar-refractivity contribution in [2.24, 2.45) is 5.41 Å². The maximum atomic E-state index is 13.7. The monoisotopic (exact) mass is 338 g/mol. The van der Waals surface area contributed by atoms with Crippen molar-refractivity contribution in [3.05, 3.63) is 30.1 Å². The van der Waals surface area contributed by atoms with E-state index in [1.165, 1.54) is 6.07 Å². The van der Waals surface area contributed by atoms with E-state index in [2.05, 4.69) is 5.32 Å². The molecule has 6 heteroatoms. The predicted octanol–water partition coefficient (Wildman–Crippen LogP) is 2.79. The van der Waals surface area contributed by atoms with Crippen LogP contribution >= 0.6 is 0 Å². The quantitative estimate of drug-likeness (QED) is 0.887. The molecular formula is C18H27FN2O3. The van der Waals surface area contributed by atoms with Crippen LogP contribution in [0.1, 0.15) is 33.6 Å². The van der Waals surface area contributed by atoms with Crippen LogP contribution < -0.4 is 10.1 Å². The number of piperidine rings is 1. The Morgan fingerprint density at radius 1 is 1.46 bits per heavy atom. The Morgan fingerprint density at radius 3 is 2.79 bits per heavy atom. The summed E-state index contributed by atoms with van der Waals surface area (Å²) in [7, 11) is 0. The third-order valence-electron chi connectivity index (χ3n) is 4.27. The van der Waals surface area contributed by atoms with Gasteiger partial charge in [-0.25, -0.2) is 9.18 Å². The van der Waals surface area contributed by atoms with Crippen LogP contribution in [0.2, 0.25) is 0 Å². The number of benzene rings is 1. The molecule has 5 nitrogen and oxygen atoms in total. The lowest BCUT2D eigenvalue weighted by Gasteiger charge is -2.35. The molecule has 0 aromatic heterocycles. The molecular weight excluding hydrogens is 311 g/mol. The summed E-state index contributed by atoms with van der Waals surface area (Å²) in [5.41, 5.74) is -0.255. The van der Waals surface area contributed by atoms with Crippen molar-refractivity contribution in [2.45, 2.75) is 45.8 Å². The van der Waals surface area contributed by atoms with Crippen LogP contribution in [0.25, 0.3) is 0 Å². The van der Waals surface area contributed by atoms with Crippen molar-refractivity contribution in [2.75, 3.05) is 19.7 Å². The van der Waals surface area contributed by atoms with E-state index in [9.17, 15) is 14.3 Å². The van der Waals surface area contributed by atoms with E-state index < -0.39 is 11.9 Å². The summed E-state index contributed by atoms with van der Waals surface area (Å²) in [5.74, 6) is -0.245. The standard InChI is InChI=1S/C18H27FN2O3/c1-18(2,3)16(12-24-15-9-5-4-8-14(15)19)20-17(23)21-10-6-7-13(22)11-21/h4-5,8-9,13,16,22H,6-7,10-12H2,1-3H3,(H,20,23). The number of carbonyl (C=O) groups excluding carboxylic acids is 1. The zero-order valence-electron chi connectivity index (χ0n) is 14.6. The third-order valence-corrected chi connectivity index (χ3v) is 4.27. The minimum absolute atomic E-state index is 0.173. The Hall–Kier alpha value is -1.82. The molecule has 0 saturated carbocycles. The number of rotatable bonds is 4. The van der Waals surface area contributed by atoms with Gasteiger partial charge in [0.15, 0.2) is 11.6 Å². The first kappa shape index (κ1) is 18.5. The number of hydrogen-bond donors (Lipinski definition) is 2. The summed E-state index contributed by atoms with van der Waals surface area (Å²) in [6, 6.07) is 5.72. The zero-order valence-corrected chi connectivity index (χ0v) is 14.6. The van der Waals surface area contributed by atoms with Gasteiger partial charge in [0.25, 0.3) is 0 Å². The van der Waals surface area contributed by atoms with Gasteiger partial charge in [0.1, 0.15) is 6.61 Å². The molecule has 0 aliphatic carbocycles. The Kier molecular flexibility index (Phi) is 6.04.